The van der Waals surface area contributed by atoms with Gasteiger partial charge in [0.15, 0.2) is 0 Å². The van der Waals surface area contributed by atoms with Gasteiger partial charge in [0.2, 0.25) is 5.91 Å². The molecule has 2 aliphatic carbocycles. The largest absolute Gasteiger partial charge is 0.386 e. The van der Waals surface area contributed by atoms with Gasteiger partial charge < -0.3 is 10.0 Å². The number of likely N-dealkylation sites (tertiary alicyclic amines) is 1. The van der Waals surface area contributed by atoms with Crippen molar-refractivity contribution in [3.05, 3.63) is 53.7 Å². The van der Waals surface area contributed by atoms with Gasteiger partial charge in [-0.05, 0) is 45.6 Å². The fourth-order valence-corrected chi connectivity index (χ4v) is 4.92. The third-order valence-electron chi connectivity index (χ3n) is 7.49. The number of nitrogens with zero attached hydrogens (tertiary/aromatic N) is 4. The molecule has 2 amide bonds. The van der Waals surface area contributed by atoms with Crippen LogP contribution in [0.2, 0.25) is 0 Å². The molecule has 7 heteroatoms. The highest BCUT2D eigenvalue weighted by Crippen LogP contribution is 2.46. The third-order valence-corrected chi connectivity index (χ3v) is 7.49. The Morgan fingerprint density at radius 2 is 1.76 bits per heavy atom. The number of aromatic nitrogens is 1. The Labute approximate surface area is 199 Å². The lowest BCUT2D eigenvalue weighted by Gasteiger charge is -2.41. The van der Waals surface area contributed by atoms with Crippen molar-refractivity contribution in [1.29, 1.82) is 0 Å². The molecule has 4 aliphatic rings. The summed E-state index contributed by atoms with van der Waals surface area (Å²) in [5.74, 6) is 1.72. The van der Waals surface area contributed by atoms with Crippen LogP contribution in [0.1, 0.15) is 50.7 Å². The Kier molecular flexibility index (Phi) is 4.72. The fourth-order valence-electron chi connectivity index (χ4n) is 4.92. The van der Waals surface area contributed by atoms with E-state index < -0.39 is 11.1 Å². The Hall–Kier alpha value is -3.06. The predicted molar refractivity (Wildman–Crippen MR) is 128 cm³/mol. The van der Waals surface area contributed by atoms with E-state index in [4.69, 9.17) is 4.99 Å². The zero-order valence-corrected chi connectivity index (χ0v) is 19.7. The highest BCUT2D eigenvalue weighted by molar-refractivity contribution is 6.16. The number of hydrogen-bond acceptors (Lipinski definition) is 5. The summed E-state index contributed by atoms with van der Waals surface area (Å²) in [6, 6.07) is 11.8. The number of carbonyl (C=O) groups is 2. The standard InChI is InChI=1S/C27H30N4O3/c1-26(2,34)21-9-10-22(28-13-21)18-3-5-19(6-4-18)23-29-27(11-12-27)25(33)31(23)16-17-14-30(15-17)24(32)20-7-8-20/h3-6,9-10,13,17,20,34H,7-8,11-12,14-16H2,1-2H3. The van der Waals surface area contributed by atoms with Gasteiger partial charge in [-0.15, -0.1) is 0 Å². The maximum absolute atomic E-state index is 13.2. The summed E-state index contributed by atoms with van der Waals surface area (Å²) in [4.78, 5) is 38.6. The van der Waals surface area contributed by atoms with E-state index in [1.165, 1.54) is 0 Å². The van der Waals surface area contributed by atoms with Crippen LogP contribution in [-0.4, -0.2) is 62.7 Å². The molecule has 6 rings (SSSR count). The Morgan fingerprint density at radius 3 is 2.32 bits per heavy atom. The summed E-state index contributed by atoms with van der Waals surface area (Å²) in [5, 5.41) is 10.2. The molecule has 0 radical (unpaired) electrons. The summed E-state index contributed by atoms with van der Waals surface area (Å²) < 4.78 is 0. The molecule has 2 saturated carbocycles. The molecule has 3 heterocycles. The van der Waals surface area contributed by atoms with Gasteiger partial charge in [0.05, 0.1) is 11.3 Å². The molecule has 176 valence electrons. The first kappa shape index (κ1) is 21.5. The van der Waals surface area contributed by atoms with Crippen LogP contribution in [0, 0.1) is 11.8 Å². The number of carbonyl (C=O) groups excluding carboxylic acids is 2. The average molecular weight is 459 g/mol. The van der Waals surface area contributed by atoms with Crippen LogP contribution >= 0.6 is 0 Å². The van der Waals surface area contributed by atoms with Crippen molar-refractivity contribution >= 4 is 17.6 Å². The third kappa shape index (κ3) is 3.72. The molecular weight excluding hydrogens is 428 g/mol. The molecule has 2 aliphatic heterocycles. The quantitative estimate of drug-likeness (QED) is 0.721. The van der Waals surface area contributed by atoms with E-state index in [-0.39, 0.29) is 17.7 Å². The minimum absolute atomic E-state index is 0.113. The molecule has 1 aromatic carbocycles. The second kappa shape index (κ2) is 7.47. The summed E-state index contributed by atoms with van der Waals surface area (Å²) in [6.07, 6.45) is 5.39. The molecule has 34 heavy (non-hydrogen) atoms. The molecule has 0 unspecified atom stereocenters. The SMILES string of the molecule is CC(C)(O)c1ccc(-c2ccc(C3=NC4(CC4)C(=O)N3CC3CN(C(=O)C4CC4)C3)cc2)nc1. The van der Waals surface area contributed by atoms with Crippen molar-refractivity contribution < 1.29 is 14.7 Å². The molecule has 7 nitrogen and oxygen atoms in total. The van der Waals surface area contributed by atoms with Gasteiger partial charge in [-0.2, -0.15) is 0 Å². The van der Waals surface area contributed by atoms with Crippen LogP contribution in [-0.2, 0) is 15.2 Å². The van der Waals surface area contributed by atoms with Crippen molar-refractivity contribution in [3.63, 3.8) is 0 Å². The van der Waals surface area contributed by atoms with E-state index in [9.17, 15) is 14.7 Å². The van der Waals surface area contributed by atoms with Gasteiger partial charge in [-0.1, -0.05) is 30.3 Å². The van der Waals surface area contributed by atoms with Crippen LogP contribution in [0.3, 0.4) is 0 Å². The highest BCUT2D eigenvalue weighted by Gasteiger charge is 2.57. The first-order valence-corrected chi connectivity index (χ1v) is 12.2. The molecule has 1 N–H and O–H groups in total. The van der Waals surface area contributed by atoms with E-state index in [1.54, 1.807) is 20.0 Å². The number of pyridine rings is 1. The summed E-state index contributed by atoms with van der Waals surface area (Å²) in [7, 11) is 0. The second-order valence-electron chi connectivity index (χ2n) is 10.8. The van der Waals surface area contributed by atoms with Crippen molar-refractivity contribution in [2.75, 3.05) is 19.6 Å². The fraction of sp³-hybridized carbons (Fsp3) is 0.481. The summed E-state index contributed by atoms with van der Waals surface area (Å²) >= 11 is 0. The van der Waals surface area contributed by atoms with Gasteiger partial charge in [0, 0.05) is 54.4 Å². The molecule has 1 spiro atoms. The van der Waals surface area contributed by atoms with Crippen molar-refractivity contribution in [2.45, 2.75) is 50.7 Å². The summed E-state index contributed by atoms with van der Waals surface area (Å²) in [6.45, 7) is 5.59. The predicted octanol–water partition coefficient (Wildman–Crippen LogP) is 2.97. The van der Waals surface area contributed by atoms with Crippen molar-refractivity contribution in [3.8, 4) is 11.3 Å². The summed E-state index contributed by atoms with van der Waals surface area (Å²) in [5.41, 5.74) is 2.03. The highest BCUT2D eigenvalue weighted by atomic mass is 16.3. The number of aliphatic imine (C=N–C) groups is 1. The number of hydrogen-bond donors (Lipinski definition) is 1. The zero-order chi connectivity index (χ0) is 23.7. The average Bonchev–Trinajstić information content (AvgIpc) is 3.71. The van der Waals surface area contributed by atoms with E-state index in [0.29, 0.717) is 12.5 Å². The number of aliphatic hydroxyl groups is 1. The van der Waals surface area contributed by atoms with Gasteiger partial charge in [-0.3, -0.25) is 24.5 Å². The van der Waals surface area contributed by atoms with Crippen LogP contribution in [0.15, 0.2) is 47.6 Å². The lowest BCUT2D eigenvalue weighted by molar-refractivity contribution is -0.139. The second-order valence-corrected chi connectivity index (χ2v) is 10.8. The Morgan fingerprint density at radius 1 is 1.09 bits per heavy atom. The number of benzene rings is 1. The topological polar surface area (TPSA) is 86.1 Å². The van der Waals surface area contributed by atoms with Crippen LogP contribution in [0.5, 0.6) is 0 Å². The maximum atomic E-state index is 13.2. The first-order chi connectivity index (χ1) is 16.2. The first-order valence-electron chi connectivity index (χ1n) is 12.2. The van der Waals surface area contributed by atoms with E-state index in [1.807, 2.05) is 46.2 Å². The monoisotopic (exact) mass is 458 g/mol. The van der Waals surface area contributed by atoms with Crippen molar-refractivity contribution in [1.82, 2.24) is 14.8 Å². The number of amidine groups is 1. The van der Waals surface area contributed by atoms with Crippen molar-refractivity contribution in [2.24, 2.45) is 16.8 Å². The molecule has 0 atom stereocenters. The van der Waals surface area contributed by atoms with Crippen LogP contribution in [0.25, 0.3) is 11.3 Å². The van der Waals surface area contributed by atoms with Crippen LogP contribution < -0.4 is 0 Å². The number of rotatable bonds is 6. The molecule has 2 aromatic rings. The van der Waals surface area contributed by atoms with Gasteiger partial charge >= 0.3 is 0 Å². The van der Waals surface area contributed by atoms with E-state index in [2.05, 4.69) is 4.98 Å². The van der Waals surface area contributed by atoms with Gasteiger partial charge in [0.25, 0.3) is 5.91 Å². The van der Waals surface area contributed by atoms with E-state index >= 15 is 0 Å². The minimum atomic E-state index is -0.923. The smallest absolute Gasteiger partial charge is 0.256 e. The molecule has 0 bridgehead atoms. The molecular formula is C27H30N4O3. The number of amides is 2. The lowest BCUT2D eigenvalue weighted by Crippen LogP contribution is -2.55. The minimum Gasteiger partial charge on any atom is -0.386 e. The molecule has 1 saturated heterocycles. The maximum Gasteiger partial charge on any atom is 0.256 e. The molecule has 3 fully saturated rings. The normalized spacial score (nSPS) is 21.6. The van der Waals surface area contributed by atoms with Gasteiger partial charge in [0.1, 0.15) is 11.4 Å². The Bertz CT molecular complexity index is 1170. The van der Waals surface area contributed by atoms with Gasteiger partial charge in [-0.25, -0.2) is 0 Å². The lowest BCUT2D eigenvalue weighted by atomic mass is 9.97. The zero-order valence-electron chi connectivity index (χ0n) is 19.7. The Balaban J connectivity index is 1.18. The van der Waals surface area contributed by atoms with E-state index in [0.717, 1.165) is 67.0 Å². The molecule has 1 aromatic heterocycles. The van der Waals surface area contributed by atoms with Crippen LogP contribution in [0.4, 0.5) is 0 Å².